The molecule has 0 aliphatic rings. The minimum atomic E-state index is 0.00926. The topological polar surface area (TPSA) is 25.2 Å². The van der Waals surface area contributed by atoms with Gasteiger partial charge >= 0.3 is 0 Å². The minimum absolute atomic E-state index is 0.00926. The molecule has 80 valence electrons. The molecule has 0 saturated carbocycles. The van der Waals surface area contributed by atoms with Crippen LogP contribution in [0.1, 0.15) is 16.7 Å². The first-order valence-corrected chi connectivity index (χ1v) is 5.95. The van der Waals surface area contributed by atoms with E-state index in [0.717, 1.165) is 15.0 Å². The summed E-state index contributed by atoms with van der Waals surface area (Å²) in [5.41, 5.74) is 0. The summed E-state index contributed by atoms with van der Waals surface area (Å²) in [7, 11) is 1.87. The van der Waals surface area contributed by atoms with Crippen molar-refractivity contribution in [1.82, 2.24) is 5.32 Å². The van der Waals surface area contributed by atoms with Crippen LogP contribution in [0.2, 0.25) is 9.56 Å². The van der Waals surface area contributed by atoms with Gasteiger partial charge in [-0.2, -0.15) is 0 Å². The monoisotopic (exact) mass is 261 g/mol. The van der Waals surface area contributed by atoms with E-state index in [1.165, 1.54) is 11.3 Å². The van der Waals surface area contributed by atoms with Crippen molar-refractivity contribution in [1.29, 1.82) is 0 Å². The van der Waals surface area contributed by atoms with Crippen LogP contribution in [0, 0.1) is 0 Å². The molecular formula is C10H9Cl2NOS. The number of hydrogen-bond acceptors (Lipinski definition) is 3. The summed E-state index contributed by atoms with van der Waals surface area (Å²) in [6.07, 6.45) is 0. The first kappa shape index (κ1) is 11.0. The Bertz CT molecular complexity index is 411. The van der Waals surface area contributed by atoms with E-state index >= 15 is 0 Å². The Morgan fingerprint density at radius 2 is 2.07 bits per heavy atom. The van der Waals surface area contributed by atoms with Crippen molar-refractivity contribution in [3.63, 3.8) is 0 Å². The van der Waals surface area contributed by atoms with Crippen molar-refractivity contribution in [3.05, 3.63) is 44.5 Å². The van der Waals surface area contributed by atoms with E-state index in [2.05, 4.69) is 5.32 Å². The summed E-state index contributed by atoms with van der Waals surface area (Å²) in [5, 5.41) is 3.56. The van der Waals surface area contributed by atoms with Crippen molar-refractivity contribution in [2.75, 3.05) is 7.05 Å². The molecule has 2 aromatic heterocycles. The Balaban J connectivity index is 2.32. The van der Waals surface area contributed by atoms with E-state index in [9.17, 15) is 0 Å². The maximum absolute atomic E-state index is 5.89. The van der Waals surface area contributed by atoms with Gasteiger partial charge in [0.25, 0.3) is 0 Å². The zero-order valence-corrected chi connectivity index (χ0v) is 10.3. The van der Waals surface area contributed by atoms with Crippen LogP contribution < -0.4 is 5.32 Å². The van der Waals surface area contributed by atoms with Crippen LogP contribution in [0.5, 0.6) is 0 Å². The molecule has 0 aliphatic heterocycles. The third-order valence-electron chi connectivity index (χ3n) is 2.05. The molecule has 1 N–H and O–H groups in total. The predicted molar refractivity (Wildman–Crippen MR) is 63.9 cm³/mol. The predicted octanol–water partition coefficient (Wildman–Crippen LogP) is 3.96. The summed E-state index contributed by atoms with van der Waals surface area (Å²) in [6, 6.07) is 7.45. The van der Waals surface area contributed by atoms with Crippen molar-refractivity contribution in [2.45, 2.75) is 6.04 Å². The summed E-state index contributed by atoms with van der Waals surface area (Å²) in [4.78, 5) is 1.11. The molecule has 0 spiro atoms. The lowest BCUT2D eigenvalue weighted by molar-refractivity contribution is 0.468. The maximum Gasteiger partial charge on any atom is 0.193 e. The quantitative estimate of drug-likeness (QED) is 0.905. The average molecular weight is 262 g/mol. The fourth-order valence-electron chi connectivity index (χ4n) is 1.39. The number of nitrogens with one attached hydrogen (secondary N) is 1. The van der Waals surface area contributed by atoms with Gasteiger partial charge in [0.1, 0.15) is 11.8 Å². The standard InChI is InChI=1S/C10H9Cl2NOS/c1-13-10(6-2-4-8(11)14-6)7-3-5-9(12)15-7/h2-5,10,13H,1H3. The zero-order chi connectivity index (χ0) is 10.8. The van der Waals surface area contributed by atoms with E-state index in [4.69, 9.17) is 27.6 Å². The van der Waals surface area contributed by atoms with E-state index in [1.807, 2.05) is 25.2 Å². The molecular weight excluding hydrogens is 253 g/mol. The lowest BCUT2D eigenvalue weighted by Crippen LogP contribution is -2.15. The molecule has 0 aliphatic carbocycles. The van der Waals surface area contributed by atoms with Crippen LogP contribution in [0.3, 0.4) is 0 Å². The number of hydrogen-bond donors (Lipinski definition) is 1. The maximum atomic E-state index is 5.89. The van der Waals surface area contributed by atoms with E-state index in [1.54, 1.807) is 6.07 Å². The molecule has 0 amide bonds. The van der Waals surface area contributed by atoms with Crippen molar-refractivity contribution in [3.8, 4) is 0 Å². The summed E-state index contributed by atoms with van der Waals surface area (Å²) in [5.74, 6) is 0.793. The number of rotatable bonds is 3. The Morgan fingerprint density at radius 3 is 2.53 bits per heavy atom. The second kappa shape index (κ2) is 4.58. The van der Waals surface area contributed by atoms with Gasteiger partial charge in [-0.1, -0.05) is 11.6 Å². The summed E-state index contributed by atoms with van der Waals surface area (Å²) < 4.78 is 6.13. The van der Waals surface area contributed by atoms with Crippen LogP contribution in [-0.2, 0) is 0 Å². The van der Waals surface area contributed by atoms with Gasteiger partial charge in [0.15, 0.2) is 5.22 Å². The molecule has 0 radical (unpaired) electrons. The van der Waals surface area contributed by atoms with E-state index in [-0.39, 0.29) is 6.04 Å². The van der Waals surface area contributed by atoms with E-state index in [0.29, 0.717) is 5.22 Å². The van der Waals surface area contributed by atoms with Gasteiger partial charge in [0.2, 0.25) is 0 Å². The Labute approximate surface area is 102 Å². The summed E-state index contributed by atoms with van der Waals surface area (Å²) in [6.45, 7) is 0. The third kappa shape index (κ3) is 2.37. The normalized spacial score (nSPS) is 13.0. The smallest absolute Gasteiger partial charge is 0.193 e. The van der Waals surface area contributed by atoms with Crippen LogP contribution in [0.25, 0.3) is 0 Å². The molecule has 2 nitrogen and oxygen atoms in total. The fraction of sp³-hybridized carbons (Fsp3) is 0.200. The molecule has 1 unspecified atom stereocenters. The number of furan rings is 1. The largest absolute Gasteiger partial charge is 0.448 e. The van der Waals surface area contributed by atoms with Gasteiger partial charge in [-0.3, -0.25) is 0 Å². The Kier molecular flexibility index (Phi) is 3.36. The highest BCUT2D eigenvalue weighted by molar-refractivity contribution is 7.16. The van der Waals surface area contributed by atoms with Crippen LogP contribution in [-0.4, -0.2) is 7.05 Å². The summed E-state index contributed by atoms with van der Waals surface area (Å²) >= 11 is 13.1. The molecule has 0 aromatic carbocycles. The highest BCUT2D eigenvalue weighted by Crippen LogP contribution is 2.32. The zero-order valence-electron chi connectivity index (χ0n) is 7.96. The fourth-order valence-corrected chi connectivity index (χ4v) is 2.72. The molecule has 2 aromatic rings. The minimum Gasteiger partial charge on any atom is -0.448 e. The van der Waals surface area contributed by atoms with E-state index < -0.39 is 0 Å². The molecule has 2 heterocycles. The van der Waals surface area contributed by atoms with Crippen LogP contribution >= 0.6 is 34.5 Å². The highest BCUT2D eigenvalue weighted by atomic mass is 35.5. The van der Waals surface area contributed by atoms with Crippen LogP contribution in [0.15, 0.2) is 28.7 Å². The molecule has 15 heavy (non-hydrogen) atoms. The van der Waals surface area contributed by atoms with Crippen LogP contribution in [0.4, 0.5) is 0 Å². The molecule has 0 saturated heterocycles. The molecule has 5 heteroatoms. The van der Waals surface area contributed by atoms with Gasteiger partial charge in [-0.15, -0.1) is 11.3 Å². The van der Waals surface area contributed by atoms with Gasteiger partial charge in [0, 0.05) is 4.88 Å². The van der Waals surface area contributed by atoms with Gasteiger partial charge in [-0.25, -0.2) is 0 Å². The molecule has 0 fully saturated rings. The second-order valence-electron chi connectivity index (χ2n) is 3.01. The average Bonchev–Trinajstić information content (AvgIpc) is 2.78. The molecule has 1 atom stereocenters. The number of halogens is 2. The SMILES string of the molecule is CNC(c1ccc(Cl)o1)c1ccc(Cl)s1. The first-order valence-electron chi connectivity index (χ1n) is 4.38. The van der Waals surface area contributed by atoms with Gasteiger partial charge in [0.05, 0.1) is 4.34 Å². The van der Waals surface area contributed by atoms with Gasteiger partial charge in [-0.05, 0) is 42.9 Å². The second-order valence-corrected chi connectivity index (χ2v) is 5.12. The van der Waals surface area contributed by atoms with Gasteiger partial charge < -0.3 is 9.73 Å². The third-order valence-corrected chi connectivity index (χ3v) is 3.54. The molecule has 0 bridgehead atoms. The van der Waals surface area contributed by atoms with Crippen molar-refractivity contribution >= 4 is 34.5 Å². The lowest BCUT2D eigenvalue weighted by Gasteiger charge is -2.10. The van der Waals surface area contributed by atoms with Crippen molar-refractivity contribution in [2.24, 2.45) is 0 Å². The Morgan fingerprint density at radius 1 is 1.27 bits per heavy atom. The highest BCUT2D eigenvalue weighted by Gasteiger charge is 2.17. The first-order chi connectivity index (χ1) is 7.20. The lowest BCUT2D eigenvalue weighted by atomic mass is 10.2. The van der Waals surface area contributed by atoms with Crippen molar-refractivity contribution < 1.29 is 4.42 Å². The number of thiophene rings is 1. The Hall–Kier alpha value is -0.480. The molecule has 2 rings (SSSR count).